The Morgan fingerprint density at radius 1 is 1.24 bits per heavy atom. The molecule has 0 aliphatic rings. The molecule has 116 valence electrons. The van der Waals surface area contributed by atoms with E-state index in [1.807, 2.05) is 18.2 Å². The lowest BCUT2D eigenvalue weighted by molar-refractivity contribution is -0.147. The summed E-state index contributed by atoms with van der Waals surface area (Å²) in [5, 5.41) is 11.8. The van der Waals surface area contributed by atoms with Gasteiger partial charge in [-0.05, 0) is 38.2 Å². The fourth-order valence-corrected chi connectivity index (χ4v) is 2.01. The van der Waals surface area contributed by atoms with Gasteiger partial charge < -0.3 is 10.4 Å². The number of aliphatic carboxylic acids is 1. The summed E-state index contributed by atoms with van der Waals surface area (Å²) < 4.78 is 0. The van der Waals surface area contributed by atoms with Crippen molar-refractivity contribution in [1.82, 2.24) is 5.32 Å². The number of carbonyl (C=O) groups is 2. The second kappa shape index (κ2) is 7.81. The summed E-state index contributed by atoms with van der Waals surface area (Å²) in [5.41, 5.74) is 0.433. The van der Waals surface area contributed by atoms with E-state index in [0.717, 1.165) is 6.42 Å². The normalized spacial score (nSPS) is 12.7. The molecule has 4 nitrogen and oxygen atoms in total. The molecule has 2 N–H and O–H groups in total. The third-order valence-corrected chi connectivity index (χ3v) is 3.82. The van der Waals surface area contributed by atoms with Gasteiger partial charge in [-0.25, -0.2) is 0 Å². The van der Waals surface area contributed by atoms with Crippen molar-refractivity contribution in [2.24, 2.45) is 5.41 Å². The molecule has 1 amide bonds. The standard InChI is InChI=1S/C17H25NO3/c1-13(14-7-5-4-6-8-14)9-10-15(19)18-12-11-17(2,3)16(20)21/h4-8,13H,9-12H2,1-3H3,(H,18,19)(H,20,21). The minimum absolute atomic E-state index is 0.0148. The highest BCUT2D eigenvalue weighted by Crippen LogP contribution is 2.21. The molecule has 0 saturated carbocycles. The summed E-state index contributed by atoms with van der Waals surface area (Å²) in [6.45, 7) is 5.84. The van der Waals surface area contributed by atoms with Gasteiger partial charge in [-0.2, -0.15) is 0 Å². The molecule has 0 aromatic heterocycles. The van der Waals surface area contributed by atoms with Gasteiger partial charge in [0.25, 0.3) is 0 Å². The average molecular weight is 291 g/mol. The molecule has 0 radical (unpaired) electrons. The van der Waals surface area contributed by atoms with E-state index in [1.54, 1.807) is 13.8 Å². The van der Waals surface area contributed by atoms with Crippen LogP contribution in [0.2, 0.25) is 0 Å². The average Bonchev–Trinajstić information content (AvgIpc) is 2.45. The smallest absolute Gasteiger partial charge is 0.309 e. The molecule has 0 spiro atoms. The first-order chi connectivity index (χ1) is 9.83. The van der Waals surface area contributed by atoms with Crippen LogP contribution in [0.5, 0.6) is 0 Å². The maximum atomic E-state index is 11.8. The van der Waals surface area contributed by atoms with Gasteiger partial charge in [0.15, 0.2) is 0 Å². The fraction of sp³-hybridized carbons (Fsp3) is 0.529. The van der Waals surface area contributed by atoms with Crippen LogP contribution in [0.25, 0.3) is 0 Å². The number of nitrogens with one attached hydrogen (secondary N) is 1. The predicted molar refractivity (Wildman–Crippen MR) is 83.1 cm³/mol. The highest BCUT2D eigenvalue weighted by molar-refractivity contribution is 5.76. The zero-order chi connectivity index (χ0) is 15.9. The third-order valence-electron chi connectivity index (χ3n) is 3.82. The summed E-state index contributed by atoms with van der Waals surface area (Å²) in [4.78, 5) is 22.7. The molecular weight excluding hydrogens is 266 g/mol. The molecule has 1 rings (SSSR count). The van der Waals surface area contributed by atoms with Crippen LogP contribution in [0, 0.1) is 5.41 Å². The van der Waals surface area contributed by atoms with Gasteiger partial charge in [0.1, 0.15) is 0 Å². The molecule has 1 aromatic carbocycles. The summed E-state index contributed by atoms with van der Waals surface area (Å²) in [7, 11) is 0. The van der Waals surface area contributed by atoms with Crippen molar-refractivity contribution < 1.29 is 14.7 Å². The van der Waals surface area contributed by atoms with Crippen LogP contribution in [-0.4, -0.2) is 23.5 Å². The number of carbonyl (C=O) groups excluding carboxylic acids is 1. The second-order valence-electron chi connectivity index (χ2n) is 6.14. The van der Waals surface area contributed by atoms with Crippen LogP contribution >= 0.6 is 0 Å². The van der Waals surface area contributed by atoms with Gasteiger partial charge in [-0.1, -0.05) is 37.3 Å². The summed E-state index contributed by atoms with van der Waals surface area (Å²) in [5.74, 6) is -0.513. The molecule has 0 bridgehead atoms. The van der Waals surface area contributed by atoms with Gasteiger partial charge in [0.05, 0.1) is 5.41 Å². The van der Waals surface area contributed by atoms with E-state index in [9.17, 15) is 9.59 Å². The molecule has 1 atom stereocenters. The van der Waals surface area contributed by atoms with Gasteiger partial charge in [0.2, 0.25) is 5.91 Å². The van der Waals surface area contributed by atoms with Gasteiger partial charge in [0, 0.05) is 13.0 Å². The Morgan fingerprint density at radius 3 is 2.43 bits per heavy atom. The molecule has 0 saturated heterocycles. The van der Waals surface area contributed by atoms with Crippen molar-refractivity contribution in [2.75, 3.05) is 6.54 Å². The molecule has 21 heavy (non-hydrogen) atoms. The van der Waals surface area contributed by atoms with Crippen molar-refractivity contribution in [3.8, 4) is 0 Å². The van der Waals surface area contributed by atoms with E-state index < -0.39 is 11.4 Å². The minimum atomic E-state index is -0.838. The summed E-state index contributed by atoms with van der Waals surface area (Å²) in [6, 6.07) is 10.1. The van der Waals surface area contributed by atoms with Crippen LogP contribution in [-0.2, 0) is 9.59 Å². The number of hydrogen-bond acceptors (Lipinski definition) is 2. The quantitative estimate of drug-likeness (QED) is 0.773. The first kappa shape index (κ1) is 17.2. The van der Waals surface area contributed by atoms with Gasteiger partial charge >= 0.3 is 5.97 Å². The molecular formula is C17H25NO3. The Balaban J connectivity index is 2.27. The molecule has 0 aliphatic carbocycles. The van der Waals surface area contributed by atoms with E-state index in [2.05, 4.69) is 24.4 Å². The Labute approximate surface area is 126 Å². The topological polar surface area (TPSA) is 66.4 Å². The number of carboxylic acids is 1. The number of amides is 1. The van der Waals surface area contributed by atoms with E-state index in [4.69, 9.17) is 5.11 Å². The predicted octanol–water partition coefficient (Wildman–Crippen LogP) is 3.19. The molecule has 1 unspecified atom stereocenters. The Morgan fingerprint density at radius 2 is 1.86 bits per heavy atom. The lowest BCUT2D eigenvalue weighted by atomic mass is 9.89. The number of rotatable bonds is 8. The largest absolute Gasteiger partial charge is 0.481 e. The van der Waals surface area contributed by atoms with Crippen molar-refractivity contribution in [3.63, 3.8) is 0 Å². The van der Waals surface area contributed by atoms with Crippen LogP contribution in [0.1, 0.15) is 51.5 Å². The molecule has 1 aromatic rings. The highest BCUT2D eigenvalue weighted by Gasteiger charge is 2.26. The number of benzene rings is 1. The van der Waals surface area contributed by atoms with Crippen LogP contribution in [0.15, 0.2) is 30.3 Å². The SMILES string of the molecule is CC(CCC(=O)NCCC(C)(C)C(=O)O)c1ccccc1. The Kier molecular flexibility index (Phi) is 6.40. The fourth-order valence-electron chi connectivity index (χ4n) is 2.01. The van der Waals surface area contributed by atoms with E-state index in [0.29, 0.717) is 25.3 Å². The zero-order valence-corrected chi connectivity index (χ0v) is 13.1. The maximum absolute atomic E-state index is 11.8. The first-order valence-electron chi connectivity index (χ1n) is 7.38. The minimum Gasteiger partial charge on any atom is -0.481 e. The van der Waals surface area contributed by atoms with Crippen LogP contribution < -0.4 is 5.32 Å². The highest BCUT2D eigenvalue weighted by atomic mass is 16.4. The Hall–Kier alpha value is -1.84. The molecule has 0 aliphatic heterocycles. The molecule has 0 heterocycles. The second-order valence-corrected chi connectivity index (χ2v) is 6.14. The van der Waals surface area contributed by atoms with E-state index in [-0.39, 0.29) is 5.91 Å². The van der Waals surface area contributed by atoms with Crippen molar-refractivity contribution >= 4 is 11.9 Å². The van der Waals surface area contributed by atoms with Crippen molar-refractivity contribution in [3.05, 3.63) is 35.9 Å². The maximum Gasteiger partial charge on any atom is 0.309 e. The van der Waals surface area contributed by atoms with Crippen molar-refractivity contribution in [2.45, 2.75) is 46.0 Å². The van der Waals surface area contributed by atoms with Crippen LogP contribution in [0.4, 0.5) is 0 Å². The number of hydrogen-bond donors (Lipinski definition) is 2. The third kappa shape index (κ3) is 5.98. The lowest BCUT2D eigenvalue weighted by Gasteiger charge is -2.19. The number of carboxylic acid groups (broad SMARTS) is 1. The first-order valence-corrected chi connectivity index (χ1v) is 7.38. The van der Waals surface area contributed by atoms with Crippen LogP contribution in [0.3, 0.4) is 0 Å². The lowest BCUT2D eigenvalue weighted by Crippen LogP contribution is -2.31. The zero-order valence-electron chi connectivity index (χ0n) is 13.1. The van der Waals surface area contributed by atoms with Gasteiger partial charge in [-0.15, -0.1) is 0 Å². The summed E-state index contributed by atoms with van der Waals surface area (Å²) in [6.07, 6.45) is 1.68. The van der Waals surface area contributed by atoms with E-state index >= 15 is 0 Å². The monoisotopic (exact) mass is 291 g/mol. The Bertz CT molecular complexity index is 468. The van der Waals surface area contributed by atoms with Crippen molar-refractivity contribution in [1.29, 1.82) is 0 Å². The van der Waals surface area contributed by atoms with E-state index in [1.165, 1.54) is 5.56 Å². The molecule has 4 heteroatoms. The van der Waals surface area contributed by atoms with Gasteiger partial charge in [-0.3, -0.25) is 9.59 Å². The molecule has 0 fully saturated rings. The summed E-state index contributed by atoms with van der Waals surface area (Å²) >= 11 is 0.